The molecule has 0 spiro atoms. The highest BCUT2D eigenvalue weighted by Crippen LogP contribution is 2.36. The maximum absolute atomic E-state index is 10.7. The summed E-state index contributed by atoms with van der Waals surface area (Å²) in [6, 6.07) is 6.38. The van der Waals surface area contributed by atoms with Gasteiger partial charge in [-0.2, -0.15) is 0 Å². The maximum Gasteiger partial charge on any atom is 0.331 e. The molecule has 1 saturated carbocycles. The van der Waals surface area contributed by atoms with E-state index >= 15 is 0 Å². The first-order valence-corrected chi connectivity index (χ1v) is 7.49. The largest absolute Gasteiger partial charge is 0.331 e. The molecule has 0 aromatic heterocycles. The summed E-state index contributed by atoms with van der Waals surface area (Å²) in [6.45, 7) is 3.49. The van der Waals surface area contributed by atoms with Crippen LogP contribution in [-0.4, -0.2) is 11.7 Å². The molecule has 1 aliphatic rings. The summed E-state index contributed by atoms with van der Waals surface area (Å²) in [5.74, 6) is 0.113. The zero-order chi connectivity index (χ0) is 14.5. The number of benzene rings is 1. The van der Waals surface area contributed by atoms with Gasteiger partial charge in [0.25, 0.3) is 0 Å². The summed E-state index contributed by atoms with van der Waals surface area (Å²) in [5, 5.41) is 4.76. The van der Waals surface area contributed by atoms with Crippen LogP contribution in [0.1, 0.15) is 56.6 Å². The fourth-order valence-corrected chi connectivity index (χ4v) is 2.96. The lowest BCUT2D eigenvalue weighted by atomic mass is 9.83. The Morgan fingerprint density at radius 3 is 2.65 bits per heavy atom. The van der Waals surface area contributed by atoms with Gasteiger partial charge in [0.15, 0.2) is 0 Å². The summed E-state index contributed by atoms with van der Waals surface area (Å²) < 4.78 is 0. The minimum absolute atomic E-state index is 0.363. The van der Waals surface area contributed by atoms with Crippen molar-refractivity contribution < 1.29 is 9.63 Å². The SMILES string of the molecule is CCc1ccc(C2CCC(=NOC(C)=O)CC2)c(Cl)c1. The highest BCUT2D eigenvalue weighted by atomic mass is 35.5. The molecule has 0 atom stereocenters. The van der Waals surface area contributed by atoms with Crippen molar-refractivity contribution in [1.29, 1.82) is 0 Å². The Labute approximate surface area is 125 Å². The Morgan fingerprint density at radius 1 is 1.40 bits per heavy atom. The van der Waals surface area contributed by atoms with Crippen LogP contribution in [0.2, 0.25) is 5.02 Å². The third-order valence-corrected chi connectivity index (χ3v) is 4.11. The Balaban J connectivity index is 2.00. The van der Waals surface area contributed by atoms with E-state index < -0.39 is 0 Å². The van der Waals surface area contributed by atoms with E-state index in [1.807, 2.05) is 0 Å². The highest BCUT2D eigenvalue weighted by Gasteiger charge is 2.21. The molecule has 0 unspecified atom stereocenters. The fraction of sp³-hybridized carbons (Fsp3) is 0.500. The fourth-order valence-electron chi connectivity index (χ4n) is 2.60. The zero-order valence-electron chi connectivity index (χ0n) is 12.0. The summed E-state index contributed by atoms with van der Waals surface area (Å²) in [5.41, 5.74) is 3.47. The van der Waals surface area contributed by atoms with Crippen LogP contribution in [0.4, 0.5) is 0 Å². The Bertz CT molecular complexity index is 515. The lowest BCUT2D eigenvalue weighted by molar-refractivity contribution is -0.141. The van der Waals surface area contributed by atoms with Gasteiger partial charge in [-0.1, -0.05) is 35.8 Å². The Hall–Kier alpha value is -1.35. The number of nitrogens with zero attached hydrogens (tertiary/aromatic N) is 1. The number of hydrogen-bond acceptors (Lipinski definition) is 3. The first-order chi connectivity index (χ1) is 9.60. The van der Waals surface area contributed by atoms with Gasteiger partial charge in [0.05, 0.1) is 5.71 Å². The Morgan fingerprint density at radius 2 is 2.10 bits per heavy atom. The number of carbonyl (C=O) groups excluding carboxylic acids is 1. The lowest BCUT2D eigenvalue weighted by Gasteiger charge is -2.24. The molecule has 4 heteroatoms. The van der Waals surface area contributed by atoms with E-state index in [2.05, 4.69) is 30.3 Å². The van der Waals surface area contributed by atoms with E-state index in [1.165, 1.54) is 18.1 Å². The van der Waals surface area contributed by atoms with Gasteiger partial charge < -0.3 is 4.84 Å². The van der Waals surface area contributed by atoms with E-state index in [0.717, 1.165) is 42.8 Å². The van der Waals surface area contributed by atoms with Gasteiger partial charge in [-0.3, -0.25) is 0 Å². The maximum atomic E-state index is 10.7. The van der Waals surface area contributed by atoms with Crippen molar-refractivity contribution in [2.75, 3.05) is 0 Å². The zero-order valence-corrected chi connectivity index (χ0v) is 12.7. The quantitative estimate of drug-likeness (QED) is 0.609. The van der Waals surface area contributed by atoms with E-state index in [4.69, 9.17) is 16.4 Å². The number of halogens is 1. The number of carbonyl (C=O) groups is 1. The summed E-state index contributed by atoms with van der Waals surface area (Å²) in [7, 11) is 0. The molecule has 0 saturated heterocycles. The predicted octanol–water partition coefficient (Wildman–Crippen LogP) is 4.48. The van der Waals surface area contributed by atoms with Gasteiger partial charge in [0.2, 0.25) is 0 Å². The van der Waals surface area contributed by atoms with Crippen molar-refractivity contribution in [3.8, 4) is 0 Å². The van der Waals surface area contributed by atoms with E-state index in [9.17, 15) is 4.79 Å². The molecule has 108 valence electrons. The third kappa shape index (κ3) is 3.83. The second-order valence-electron chi connectivity index (χ2n) is 5.22. The van der Waals surface area contributed by atoms with Crippen molar-refractivity contribution in [2.24, 2.45) is 5.16 Å². The van der Waals surface area contributed by atoms with Crippen LogP contribution in [0.25, 0.3) is 0 Å². The molecule has 0 bridgehead atoms. The normalized spacial score (nSPS) is 18.8. The topological polar surface area (TPSA) is 38.7 Å². The van der Waals surface area contributed by atoms with Crippen LogP contribution in [0.5, 0.6) is 0 Å². The molecule has 0 aliphatic heterocycles. The van der Waals surface area contributed by atoms with E-state index in [-0.39, 0.29) is 5.97 Å². The van der Waals surface area contributed by atoms with Gasteiger partial charge in [-0.25, -0.2) is 4.79 Å². The average Bonchev–Trinajstić information content (AvgIpc) is 2.45. The molecule has 1 fully saturated rings. The molecule has 1 aliphatic carbocycles. The van der Waals surface area contributed by atoms with Crippen LogP contribution in [0.15, 0.2) is 23.4 Å². The summed E-state index contributed by atoms with van der Waals surface area (Å²) >= 11 is 6.38. The van der Waals surface area contributed by atoms with Crippen molar-refractivity contribution >= 4 is 23.3 Å². The molecule has 1 aromatic rings. The van der Waals surface area contributed by atoms with Crippen LogP contribution < -0.4 is 0 Å². The number of hydrogen-bond donors (Lipinski definition) is 0. The van der Waals surface area contributed by atoms with Gasteiger partial charge in [0, 0.05) is 11.9 Å². The molecule has 1 aromatic carbocycles. The minimum atomic E-state index is -0.363. The second kappa shape index (κ2) is 6.89. The van der Waals surface area contributed by atoms with Crippen LogP contribution >= 0.6 is 11.6 Å². The van der Waals surface area contributed by atoms with Crippen LogP contribution in [-0.2, 0) is 16.1 Å². The number of aryl methyl sites for hydroxylation is 1. The first kappa shape index (κ1) is 15.0. The smallest absolute Gasteiger partial charge is 0.319 e. The predicted molar refractivity (Wildman–Crippen MR) is 81.2 cm³/mol. The summed E-state index contributed by atoms with van der Waals surface area (Å²) in [4.78, 5) is 15.4. The van der Waals surface area contributed by atoms with Gasteiger partial charge in [-0.15, -0.1) is 0 Å². The van der Waals surface area contributed by atoms with Gasteiger partial charge in [0.1, 0.15) is 0 Å². The van der Waals surface area contributed by atoms with Crippen molar-refractivity contribution in [3.05, 3.63) is 34.3 Å². The molecule has 20 heavy (non-hydrogen) atoms. The summed E-state index contributed by atoms with van der Waals surface area (Å²) in [6.07, 6.45) is 4.74. The average molecular weight is 294 g/mol. The van der Waals surface area contributed by atoms with Crippen LogP contribution in [0, 0.1) is 0 Å². The van der Waals surface area contributed by atoms with E-state index in [1.54, 1.807) is 0 Å². The molecule has 0 N–H and O–H groups in total. The van der Waals surface area contributed by atoms with Crippen LogP contribution in [0.3, 0.4) is 0 Å². The Kier molecular flexibility index (Phi) is 5.18. The third-order valence-electron chi connectivity index (χ3n) is 3.78. The molecule has 2 rings (SSSR count). The molecule has 0 amide bonds. The van der Waals surface area contributed by atoms with Crippen molar-refractivity contribution in [2.45, 2.75) is 51.9 Å². The number of oxime groups is 1. The molecule has 3 nitrogen and oxygen atoms in total. The molecule has 0 heterocycles. The minimum Gasteiger partial charge on any atom is -0.319 e. The molecular weight excluding hydrogens is 274 g/mol. The van der Waals surface area contributed by atoms with Gasteiger partial charge in [-0.05, 0) is 55.2 Å². The molecule has 0 radical (unpaired) electrons. The lowest BCUT2D eigenvalue weighted by Crippen LogP contribution is -2.14. The first-order valence-electron chi connectivity index (χ1n) is 7.11. The van der Waals surface area contributed by atoms with Gasteiger partial charge >= 0.3 is 5.97 Å². The second-order valence-corrected chi connectivity index (χ2v) is 5.63. The monoisotopic (exact) mass is 293 g/mol. The highest BCUT2D eigenvalue weighted by molar-refractivity contribution is 6.31. The van der Waals surface area contributed by atoms with Crippen molar-refractivity contribution in [3.63, 3.8) is 0 Å². The van der Waals surface area contributed by atoms with Crippen molar-refractivity contribution in [1.82, 2.24) is 0 Å². The molecular formula is C16H20ClNO2. The standard InChI is InChI=1S/C16H20ClNO2/c1-3-12-4-9-15(16(17)10-12)13-5-7-14(8-6-13)18-20-11(2)19/h4,9-10,13H,3,5-8H2,1-2H3. The van der Waals surface area contributed by atoms with E-state index in [0.29, 0.717) is 5.92 Å². The number of rotatable bonds is 3.